The zero-order chi connectivity index (χ0) is 15.1. The van der Waals surface area contributed by atoms with Gasteiger partial charge in [0.2, 0.25) is 5.88 Å². The highest BCUT2D eigenvalue weighted by molar-refractivity contribution is 5.67. The Morgan fingerprint density at radius 1 is 1.10 bits per heavy atom. The lowest BCUT2D eigenvalue weighted by Crippen LogP contribution is -2.12. The molecule has 0 aliphatic heterocycles. The van der Waals surface area contributed by atoms with Crippen molar-refractivity contribution in [3.05, 3.63) is 35.4 Å². The third-order valence-corrected chi connectivity index (χ3v) is 3.45. The Kier molecular flexibility index (Phi) is 3.63. The molecule has 0 fully saturated rings. The highest BCUT2D eigenvalue weighted by atomic mass is 16.3. The van der Waals surface area contributed by atoms with E-state index in [2.05, 4.69) is 57.1 Å². The fourth-order valence-electron chi connectivity index (χ4n) is 2.39. The number of aromatic nitrogens is 2. The Hall–Kier alpha value is -1.77. The van der Waals surface area contributed by atoms with Gasteiger partial charge in [-0.3, -0.25) is 0 Å². The highest BCUT2D eigenvalue weighted by Gasteiger charge is 2.29. The number of hydrogen-bond acceptors (Lipinski definition) is 2. The molecule has 0 aliphatic rings. The number of aryl methyl sites for hydroxylation is 1. The summed E-state index contributed by atoms with van der Waals surface area (Å²) in [6.07, 6.45) is 0. The number of nitrogens with zero attached hydrogens (tertiary/aromatic N) is 2. The minimum Gasteiger partial charge on any atom is -0.493 e. The fourth-order valence-corrected chi connectivity index (χ4v) is 2.39. The van der Waals surface area contributed by atoms with Crippen molar-refractivity contribution in [3.8, 4) is 17.1 Å². The van der Waals surface area contributed by atoms with E-state index >= 15 is 0 Å². The second kappa shape index (κ2) is 4.97. The quantitative estimate of drug-likeness (QED) is 0.877. The van der Waals surface area contributed by atoms with Crippen LogP contribution >= 0.6 is 0 Å². The topological polar surface area (TPSA) is 38.0 Å². The van der Waals surface area contributed by atoms with Crippen molar-refractivity contribution in [3.63, 3.8) is 0 Å². The zero-order valence-electron chi connectivity index (χ0n) is 13.2. The fraction of sp³-hybridized carbons (Fsp3) is 0.471. The molecular weight excluding hydrogens is 248 g/mol. The van der Waals surface area contributed by atoms with Gasteiger partial charge in [-0.2, -0.15) is 5.10 Å². The first kappa shape index (κ1) is 14.6. The summed E-state index contributed by atoms with van der Waals surface area (Å²) < 4.78 is 1.70. The van der Waals surface area contributed by atoms with Crippen LogP contribution in [0.4, 0.5) is 0 Å². The third kappa shape index (κ3) is 2.58. The van der Waals surface area contributed by atoms with Crippen molar-refractivity contribution < 1.29 is 5.11 Å². The zero-order valence-corrected chi connectivity index (χ0v) is 13.2. The molecule has 0 bridgehead atoms. The van der Waals surface area contributed by atoms with Gasteiger partial charge < -0.3 is 5.11 Å². The number of rotatable bonds is 2. The molecule has 0 saturated heterocycles. The molecule has 3 heteroatoms. The van der Waals surface area contributed by atoms with Crippen LogP contribution in [-0.4, -0.2) is 14.9 Å². The summed E-state index contributed by atoms with van der Waals surface area (Å²) in [5.74, 6) is 0.281. The molecule has 0 saturated carbocycles. The van der Waals surface area contributed by atoms with Gasteiger partial charge in [-0.15, -0.1) is 0 Å². The Morgan fingerprint density at radius 3 is 2.10 bits per heavy atom. The highest BCUT2D eigenvalue weighted by Crippen LogP contribution is 2.39. The summed E-state index contributed by atoms with van der Waals surface area (Å²) >= 11 is 0. The van der Waals surface area contributed by atoms with Crippen LogP contribution in [0.3, 0.4) is 0 Å². The van der Waals surface area contributed by atoms with Gasteiger partial charge >= 0.3 is 0 Å². The third-order valence-electron chi connectivity index (χ3n) is 3.45. The molecule has 20 heavy (non-hydrogen) atoms. The summed E-state index contributed by atoms with van der Waals surface area (Å²) in [6, 6.07) is 8.42. The minimum atomic E-state index is -0.155. The lowest BCUT2D eigenvalue weighted by Gasteiger charge is -2.19. The van der Waals surface area contributed by atoms with Crippen LogP contribution in [-0.2, 0) is 5.41 Å². The molecule has 1 N–H and O–H groups in total. The van der Waals surface area contributed by atoms with Gasteiger partial charge in [-0.1, -0.05) is 50.6 Å². The maximum Gasteiger partial charge on any atom is 0.213 e. The van der Waals surface area contributed by atoms with Gasteiger partial charge in [0, 0.05) is 11.1 Å². The summed E-state index contributed by atoms with van der Waals surface area (Å²) in [5, 5.41) is 15.2. The Morgan fingerprint density at radius 2 is 1.65 bits per heavy atom. The van der Waals surface area contributed by atoms with Gasteiger partial charge in [-0.25, -0.2) is 4.68 Å². The van der Waals surface area contributed by atoms with Gasteiger partial charge in [0.1, 0.15) is 0 Å². The normalized spacial score (nSPS) is 12.2. The van der Waals surface area contributed by atoms with Crippen LogP contribution in [0.25, 0.3) is 11.3 Å². The van der Waals surface area contributed by atoms with Crippen LogP contribution in [0, 0.1) is 6.92 Å². The monoisotopic (exact) mass is 272 g/mol. The van der Waals surface area contributed by atoms with Gasteiger partial charge in [0.15, 0.2) is 0 Å². The van der Waals surface area contributed by atoms with Crippen LogP contribution in [0.1, 0.15) is 51.8 Å². The van der Waals surface area contributed by atoms with Crippen molar-refractivity contribution in [1.29, 1.82) is 0 Å². The van der Waals surface area contributed by atoms with Crippen molar-refractivity contribution in [1.82, 2.24) is 9.78 Å². The largest absolute Gasteiger partial charge is 0.493 e. The van der Waals surface area contributed by atoms with Crippen molar-refractivity contribution in [2.45, 2.75) is 53.0 Å². The van der Waals surface area contributed by atoms with Gasteiger partial charge in [0.25, 0.3) is 0 Å². The van der Waals surface area contributed by atoms with Gasteiger partial charge in [-0.05, 0) is 26.2 Å². The van der Waals surface area contributed by atoms with Crippen LogP contribution < -0.4 is 0 Å². The van der Waals surface area contributed by atoms with E-state index in [-0.39, 0.29) is 17.3 Å². The van der Waals surface area contributed by atoms with Crippen LogP contribution in [0.15, 0.2) is 24.3 Å². The smallest absolute Gasteiger partial charge is 0.213 e. The molecule has 0 spiro atoms. The summed E-state index contributed by atoms with van der Waals surface area (Å²) in [6.45, 7) is 12.4. The predicted octanol–water partition coefficient (Wildman–Crippen LogP) is 4.44. The molecule has 0 aliphatic carbocycles. The van der Waals surface area contributed by atoms with E-state index < -0.39 is 0 Å². The predicted molar refractivity (Wildman–Crippen MR) is 83.1 cm³/mol. The molecular formula is C17H24N2O. The molecule has 1 heterocycles. The molecule has 0 amide bonds. The lowest BCUT2D eigenvalue weighted by atomic mass is 9.85. The summed E-state index contributed by atoms with van der Waals surface area (Å²) in [5.41, 5.74) is 3.91. The molecule has 3 nitrogen and oxygen atoms in total. The minimum absolute atomic E-state index is 0.135. The molecule has 0 unspecified atom stereocenters. The number of benzene rings is 1. The maximum absolute atomic E-state index is 10.5. The van der Waals surface area contributed by atoms with Crippen molar-refractivity contribution in [2.24, 2.45) is 0 Å². The Bertz CT molecular complexity index is 601. The van der Waals surface area contributed by atoms with Crippen molar-refractivity contribution in [2.75, 3.05) is 0 Å². The first-order chi connectivity index (χ1) is 9.21. The van der Waals surface area contributed by atoms with E-state index in [4.69, 9.17) is 0 Å². The molecule has 1 aromatic carbocycles. The first-order valence-corrected chi connectivity index (χ1v) is 7.11. The maximum atomic E-state index is 10.5. The van der Waals surface area contributed by atoms with E-state index in [0.717, 1.165) is 16.8 Å². The van der Waals surface area contributed by atoms with Crippen molar-refractivity contribution >= 4 is 0 Å². The lowest BCUT2D eigenvalue weighted by molar-refractivity contribution is 0.366. The average molecular weight is 272 g/mol. The number of hydrogen-bond donors (Lipinski definition) is 1. The second-order valence-corrected chi connectivity index (χ2v) is 6.70. The van der Waals surface area contributed by atoms with Gasteiger partial charge in [0.05, 0.1) is 11.7 Å². The SMILES string of the molecule is Cc1ccc(-c2nn(C(C)C)c(O)c2C(C)(C)C)cc1. The molecule has 2 aromatic rings. The first-order valence-electron chi connectivity index (χ1n) is 7.11. The molecule has 108 valence electrons. The second-order valence-electron chi connectivity index (χ2n) is 6.70. The standard InChI is InChI=1S/C17H24N2O/c1-11(2)19-16(20)14(17(4,5)6)15(18-19)13-9-7-12(3)8-10-13/h7-11,20H,1-6H3. The molecule has 0 radical (unpaired) electrons. The molecule has 1 aromatic heterocycles. The van der Waals surface area contributed by atoms with E-state index in [9.17, 15) is 5.11 Å². The Balaban J connectivity index is 2.68. The molecule has 2 rings (SSSR count). The van der Waals surface area contributed by atoms with E-state index in [1.807, 2.05) is 13.8 Å². The van der Waals surface area contributed by atoms with E-state index in [1.165, 1.54) is 5.56 Å². The van der Waals surface area contributed by atoms with E-state index in [1.54, 1.807) is 4.68 Å². The summed E-state index contributed by atoms with van der Waals surface area (Å²) in [4.78, 5) is 0. The van der Waals surface area contributed by atoms with E-state index in [0.29, 0.717) is 0 Å². The van der Waals surface area contributed by atoms with Crippen LogP contribution in [0.2, 0.25) is 0 Å². The average Bonchev–Trinajstić information content (AvgIpc) is 2.67. The summed E-state index contributed by atoms with van der Waals surface area (Å²) in [7, 11) is 0. The number of aromatic hydroxyl groups is 1. The molecule has 0 atom stereocenters. The van der Waals surface area contributed by atoms with Crippen LogP contribution in [0.5, 0.6) is 5.88 Å². The Labute approximate surface area is 121 Å².